The van der Waals surface area contributed by atoms with Crippen LogP contribution in [0.25, 0.3) is 0 Å². The third-order valence-electron chi connectivity index (χ3n) is 5.96. The Morgan fingerprint density at radius 3 is 2.46 bits per heavy atom. The quantitative estimate of drug-likeness (QED) is 0.812. The standard InChI is InChI=1S/C22H30N2O4/c1-23-8-10-24(11-9-23)22(26)20-12-19(18-6-7-18)13-21(28-20)27-15-17-4-2-16(14-25)3-5-17/h2-5,12,18-19,21,25H,6-11,13-15H2,1H3/t19-,21+/m0/s1. The molecule has 2 aliphatic heterocycles. The molecule has 0 aromatic heterocycles. The van der Waals surface area contributed by atoms with Gasteiger partial charge in [0.1, 0.15) is 0 Å². The Balaban J connectivity index is 1.38. The number of ether oxygens (including phenoxy) is 2. The van der Waals surface area contributed by atoms with Gasteiger partial charge in [-0.3, -0.25) is 4.79 Å². The lowest BCUT2D eigenvalue weighted by Gasteiger charge is -2.35. The summed E-state index contributed by atoms with van der Waals surface area (Å²) in [6.45, 7) is 3.76. The van der Waals surface area contributed by atoms with Crippen LogP contribution in [0.1, 0.15) is 30.4 Å². The summed E-state index contributed by atoms with van der Waals surface area (Å²) in [5, 5.41) is 9.16. The van der Waals surface area contributed by atoms with E-state index >= 15 is 0 Å². The van der Waals surface area contributed by atoms with Crippen LogP contribution in [-0.2, 0) is 27.5 Å². The van der Waals surface area contributed by atoms with Gasteiger partial charge in [0.05, 0.1) is 13.2 Å². The zero-order valence-electron chi connectivity index (χ0n) is 16.5. The van der Waals surface area contributed by atoms with E-state index in [4.69, 9.17) is 14.6 Å². The average Bonchev–Trinajstić information content (AvgIpc) is 3.58. The molecule has 152 valence electrons. The van der Waals surface area contributed by atoms with Crippen molar-refractivity contribution < 1.29 is 19.4 Å². The minimum Gasteiger partial charge on any atom is -0.459 e. The van der Waals surface area contributed by atoms with Gasteiger partial charge in [-0.05, 0) is 48.9 Å². The fourth-order valence-corrected chi connectivity index (χ4v) is 3.89. The third kappa shape index (κ3) is 4.74. The minimum absolute atomic E-state index is 0.000603. The summed E-state index contributed by atoms with van der Waals surface area (Å²) in [4.78, 5) is 17.1. The molecule has 4 rings (SSSR count). The average molecular weight is 386 g/mol. The highest BCUT2D eigenvalue weighted by Gasteiger charge is 2.38. The number of aliphatic hydroxyl groups excluding tert-OH is 1. The van der Waals surface area contributed by atoms with E-state index in [1.165, 1.54) is 12.8 Å². The van der Waals surface area contributed by atoms with Gasteiger partial charge in [-0.25, -0.2) is 0 Å². The fraction of sp³-hybridized carbons (Fsp3) is 0.591. The Labute approximate surface area is 166 Å². The summed E-state index contributed by atoms with van der Waals surface area (Å²) < 4.78 is 12.0. The maximum Gasteiger partial charge on any atom is 0.288 e. The maximum atomic E-state index is 13.0. The molecule has 0 radical (unpaired) electrons. The van der Waals surface area contributed by atoms with Gasteiger partial charge >= 0.3 is 0 Å². The number of nitrogens with zero attached hydrogens (tertiary/aromatic N) is 2. The fourth-order valence-electron chi connectivity index (χ4n) is 3.89. The zero-order valence-corrected chi connectivity index (χ0v) is 16.5. The van der Waals surface area contributed by atoms with Crippen molar-refractivity contribution in [2.24, 2.45) is 11.8 Å². The Hall–Kier alpha value is -1.89. The van der Waals surface area contributed by atoms with Crippen LogP contribution in [0.2, 0.25) is 0 Å². The molecule has 1 N–H and O–H groups in total. The molecule has 0 bridgehead atoms. The monoisotopic (exact) mass is 386 g/mol. The highest BCUT2D eigenvalue weighted by molar-refractivity contribution is 5.91. The molecule has 1 aromatic rings. The lowest BCUT2D eigenvalue weighted by Crippen LogP contribution is -2.48. The van der Waals surface area contributed by atoms with Crippen LogP contribution < -0.4 is 0 Å². The Kier molecular flexibility index (Phi) is 5.99. The van der Waals surface area contributed by atoms with Gasteiger partial charge in [-0.15, -0.1) is 0 Å². The van der Waals surface area contributed by atoms with E-state index in [-0.39, 0.29) is 18.8 Å². The molecule has 3 aliphatic rings. The molecule has 1 amide bonds. The molecule has 2 fully saturated rings. The van der Waals surface area contributed by atoms with E-state index in [0.717, 1.165) is 43.7 Å². The summed E-state index contributed by atoms with van der Waals surface area (Å²) in [7, 11) is 2.08. The van der Waals surface area contributed by atoms with Gasteiger partial charge in [0.2, 0.25) is 6.29 Å². The van der Waals surface area contributed by atoms with Crippen LogP contribution in [0.15, 0.2) is 36.1 Å². The van der Waals surface area contributed by atoms with Crippen molar-refractivity contribution >= 4 is 5.91 Å². The first-order valence-corrected chi connectivity index (χ1v) is 10.3. The van der Waals surface area contributed by atoms with E-state index in [1.54, 1.807) is 0 Å². The smallest absolute Gasteiger partial charge is 0.288 e. The van der Waals surface area contributed by atoms with Gasteiger partial charge in [-0.1, -0.05) is 24.3 Å². The summed E-state index contributed by atoms with van der Waals surface area (Å²) in [6, 6.07) is 7.71. The Morgan fingerprint density at radius 1 is 1.14 bits per heavy atom. The predicted molar refractivity (Wildman–Crippen MR) is 105 cm³/mol. The zero-order chi connectivity index (χ0) is 19.5. The van der Waals surface area contributed by atoms with Gasteiger partial charge in [0.25, 0.3) is 5.91 Å². The number of benzene rings is 1. The van der Waals surface area contributed by atoms with Crippen molar-refractivity contribution in [1.29, 1.82) is 0 Å². The molecular formula is C22H30N2O4. The first kappa shape index (κ1) is 19.4. The van der Waals surface area contributed by atoms with Gasteiger partial charge in [-0.2, -0.15) is 0 Å². The van der Waals surface area contributed by atoms with Crippen molar-refractivity contribution in [3.63, 3.8) is 0 Å². The SMILES string of the molecule is CN1CCN(C(=O)C2=C[C@H](C3CC3)C[C@H](OCc3ccc(CO)cc3)O2)CC1. The third-order valence-corrected chi connectivity index (χ3v) is 5.96. The number of carbonyl (C=O) groups excluding carboxylic acids is 1. The van der Waals surface area contributed by atoms with Gasteiger partial charge in [0.15, 0.2) is 5.76 Å². The number of amides is 1. The Morgan fingerprint density at radius 2 is 1.82 bits per heavy atom. The van der Waals surface area contributed by atoms with Crippen molar-refractivity contribution in [1.82, 2.24) is 9.80 Å². The first-order valence-electron chi connectivity index (χ1n) is 10.3. The number of hydrogen-bond donors (Lipinski definition) is 1. The van der Waals surface area contributed by atoms with Crippen LogP contribution in [0.3, 0.4) is 0 Å². The molecular weight excluding hydrogens is 356 g/mol. The molecule has 6 heteroatoms. The molecule has 1 saturated carbocycles. The molecule has 28 heavy (non-hydrogen) atoms. The number of hydrogen-bond acceptors (Lipinski definition) is 5. The highest BCUT2D eigenvalue weighted by atomic mass is 16.7. The van der Waals surface area contributed by atoms with Gasteiger partial charge in [0, 0.05) is 32.6 Å². The summed E-state index contributed by atoms with van der Waals surface area (Å²) >= 11 is 0. The van der Waals surface area contributed by atoms with E-state index in [1.807, 2.05) is 35.2 Å². The van der Waals surface area contributed by atoms with Crippen molar-refractivity contribution in [2.75, 3.05) is 33.2 Å². The van der Waals surface area contributed by atoms with E-state index < -0.39 is 0 Å². The molecule has 0 unspecified atom stereocenters. The summed E-state index contributed by atoms with van der Waals surface area (Å²) in [5.74, 6) is 1.49. The molecule has 2 atom stereocenters. The lowest BCUT2D eigenvalue weighted by molar-refractivity contribution is -0.160. The molecule has 1 aliphatic carbocycles. The summed E-state index contributed by atoms with van der Waals surface area (Å²) in [5.41, 5.74) is 1.92. The van der Waals surface area contributed by atoms with E-state index in [9.17, 15) is 4.79 Å². The summed E-state index contributed by atoms with van der Waals surface area (Å²) in [6.07, 6.45) is 4.92. The number of rotatable bonds is 6. The van der Waals surface area contributed by atoms with Crippen LogP contribution in [-0.4, -0.2) is 60.3 Å². The number of piperazine rings is 1. The molecule has 0 spiro atoms. The molecule has 1 saturated heterocycles. The van der Waals surface area contributed by atoms with E-state index in [0.29, 0.717) is 24.2 Å². The highest BCUT2D eigenvalue weighted by Crippen LogP contribution is 2.43. The number of allylic oxidation sites excluding steroid dienone is 1. The van der Waals surface area contributed by atoms with Crippen LogP contribution in [0, 0.1) is 11.8 Å². The molecule has 1 aromatic carbocycles. The second-order valence-corrected chi connectivity index (χ2v) is 8.20. The molecule has 2 heterocycles. The number of aliphatic hydroxyl groups is 1. The second-order valence-electron chi connectivity index (χ2n) is 8.20. The lowest BCUT2D eigenvalue weighted by atomic mass is 9.96. The van der Waals surface area contributed by atoms with Crippen LogP contribution in [0.5, 0.6) is 0 Å². The first-order chi connectivity index (χ1) is 13.6. The Bertz CT molecular complexity index is 706. The van der Waals surface area contributed by atoms with E-state index in [2.05, 4.69) is 11.9 Å². The number of carbonyl (C=O) groups is 1. The van der Waals surface area contributed by atoms with Gasteiger partial charge < -0.3 is 24.4 Å². The second kappa shape index (κ2) is 8.64. The largest absolute Gasteiger partial charge is 0.459 e. The normalized spacial score (nSPS) is 25.9. The van der Waals surface area contributed by atoms with Crippen molar-refractivity contribution in [3.05, 3.63) is 47.2 Å². The van der Waals surface area contributed by atoms with Crippen molar-refractivity contribution in [3.8, 4) is 0 Å². The van der Waals surface area contributed by atoms with Crippen LogP contribution >= 0.6 is 0 Å². The molecule has 6 nitrogen and oxygen atoms in total. The predicted octanol–water partition coefficient (Wildman–Crippen LogP) is 2.13. The van der Waals surface area contributed by atoms with Crippen LogP contribution in [0.4, 0.5) is 0 Å². The topological polar surface area (TPSA) is 62.2 Å². The minimum atomic E-state index is -0.389. The maximum absolute atomic E-state index is 13.0. The van der Waals surface area contributed by atoms with Crippen molar-refractivity contribution in [2.45, 2.75) is 38.8 Å². The number of likely N-dealkylation sites (N-methyl/N-ethyl adjacent to an activating group) is 1.